The first kappa shape index (κ1) is 24.2. The lowest BCUT2D eigenvalue weighted by molar-refractivity contribution is 1.07. The van der Waals surface area contributed by atoms with Gasteiger partial charge < -0.3 is 0 Å². The molecule has 0 saturated heterocycles. The molecule has 1 heterocycles. The highest BCUT2D eigenvalue weighted by Gasteiger charge is 2.14. The fourth-order valence-electron chi connectivity index (χ4n) is 6.04. The molecule has 3 heteroatoms. The van der Waals surface area contributed by atoms with Gasteiger partial charge >= 0.3 is 0 Å². The standard InChI is InChI=1S/C39H25N3/c1-2-11-26(12-3-1)27-13-10-14-29(23-27)38-40-25-41-39(42-38)36-20-9-4-15-30(36)28-21-22-35-33-18-6-5-16-31(33)32-17-7-8-19-34(32)37(35)24-28/h1-25H. The molecule has 0 saturated carbocycles. The molecular weight excluding hydrogens is 510 g/mol. The molecule has 196 valence electrons. The van der Waals surface area contributed by atoms with E-state index in [0.717, 1.165) is 33.4 Å². The topological polar surface area (TPSA) is 38.7 Å². The molecule has 0 spiro atoms. The zero-order valence-corrected chi connectivity index (χ0v) is 22.8. The Hall–Kier alpha value is -5.67. The number of rotatable bonds is 4. The van der Waals surface area contributed by atoms with Crippen molar-refractivity contribution in [3.8, 4) is 45.0 Å². The van der Waals surface area contributed by atoms with Crippen LogP contribution in [0.15, 0.2) is 152 Å². The van der Waals surface area contributed by atoms with E-state index in [0.29, 0.717) is 11.6 Å². The van der Waals surface area contributed by atoms with E-state index < -0.39 is 0 Å². The van der Waals surface area contributed by atoms with E-state index in [-0.39, 0.29) is 0 Å². The first-order valence-electron chi connectivity index (χ1n) is 14.1. The number of fused-ring (bicyclic) bond motifs is 6. The third-order valence-electron chi connectivity index (χ3n) is 8.02. The zero-order chi connectivity index (χ0) is 27.9. The molecule has 0 unspecified atom stereocenters. The van der Waals surface area contributed by atoms with E-state index >= 15 is 0 Å². The molecule has 0 aliphatic rings. The molecule has 8 aromatic rings. The van der Waals surface area contributed by atoms with Crippen molar-refractivity contribution in [2.45, 2.75) is 0 Å². The van der Waals surface area contributed by atoms with Crippen LogP contribution in [-0.2, 0) is 0 Å². The van der Waals surface area contributed by atoms with Crippen molar-refractivity contribution in [2.75, 3.05) is 0 Å². The molecule has 0 atom stereocenters. The molecule has 1 aromatic heterocycles. The van der Waals surface area contributed by atoms with Crippen LogP contribution in [-0.4, -0.2) is 15.0 Å². The second-order valence-corrected chi connectivity index (χ2v) is 10.5. The molecule has 0 N–H and O–H groups in total. The Morgan fingerprint density at radius 2 is 0.857 bits per heavy atom. The molecule has 3 nitrogen and oxygen atoms in total. The van der Waals surface area contributed by atoms with Crippen LogP contribution in [0, 0.1) is 0 Å². The van der Waals surface area contributed by atoms with Gasteiger partial charge in [0.1, 0.15) is 6.33 Å². The van der Waals surface area contributed by atoms with Crippen molar-refractivity contribution in [3.05, 3.63) is 152 Å². The monoisotopic (exact) mass is 535 g/mol. The van der Waals surface area contributed by atoms with Crippen LogP contribution in [0.2, 0.25) is 0 Å². The van der Waals surface area contributed by atoms with Crippen LogP contribution in [0.3, 0.4) is 0 Å². The van der Waals surface area contributed by atoms with Gasteiger partial charge in [0, 0.05) is 11.1 Å². The maximum absolute atomic E-state index is 4.97. The van der Waals surface area contributed by atoms with E-state index in [1.54, 1.807) is 6.33 Å². The van der Waals surface area contributed by atoms with Gasteiger partial charge in [-0.25, -0.2) is 15.0 Å². The van der Waals surface area contributed by atoms with E-state index in [1.165, 1.54) is 32.3 Å². The summed E-state index contributed by atoms with van der Waals surface area (Å²) in [4.78, 5) is 14.2. The Morgan fingerprint density at radius 1 is 0.310 bits per heavy atom. The van der Waals surface area contributed by atoms with Crippen LogP contribution in [0.25, 0.3) is 77.3 Å². The van der Waals surface area contributed by atoms with E-state index in [9.17, 15) is 0 Å². The molecular formula is C39H25N3. The quantitative estimate of drug-likeness (QED) is 0.211. The van der Waals surface area contributed by atoms with Crippen LogP contribution in [0.1, 0.15) is 0 Å². The lowest BCUT2D eigenvalue weighted by atomic mass is 9.91. The van der Waals surface area contributed by atoms with Gasteiger partial charge in [0.05, 0.1) is 0 Å². The molecule has 8 rings (SSSR count). The van der Waals surface area contributed by atoms with Gasteiger partial charge in [-0.2, -0.15) is 0 Å². The lowest BCUT2D eigenvalue weighted by Gasteiger charge is -2.14. The van der Waals surface area contributed by atoms with Crippen LogP contribution < -0.4 is 0 Å². The summed E-state index contributed by atoms with van der Waals surface area (Å²) in [5, 5.41) is 7.57. The summed E-state index contributed by atoms with van der Waals surface area (Å²) in [5.41, 5.74) is 6.45. The third-order valence-corrected chi connectivity index (χ3v) is 8.02. The van der Waals surface area contributed by atoms with Crippen molar-refractivity contribution in [1.82, 2.24) is 15.0 Å². The van der Waals surface area contributed by atoms with Crippen molar-refractivity contribution in [3.63, 3.8) is 0 Å². The number of benzene rings is 7. The van der Waals surface area contributed by atoms with Gasteiger partial charge in [-0.15, -0.1) is 0 Å². The highest BCUT2D eigenvalue weighted by molar-refractivity contribution is 6.25. The molecule has 7 aromatic carbocycles. The summed E-state index contributed by atoms with van der Waals surface area (Å²) in [5.74, 6) is 1.31. The van der Waals surface area contributed by atoms with E-state index in [1.807, 2.05) is 12.1 Å². The van der Waals surface area contributed by atoms with Gasteiger partial charge in [-0.05, 0) is 66.7 Å². The van der Waals surface area contributed by atoms with E-state index in [2.05, 4.69) is 143 Å². The number of hydrogen-bond acceptors (Lipinski definition) is 3. The fraction of sp³-hybridized carbons (Fsp3) is 0. The van der Waals surface area contributed by atoms with Crippen molar-refractivity contribution in [1.29, 1.82) is 0 Å². The second-order valence-electron chi connectivity index (χ2n) is 10.5. The highest BCUT2D eigenvalue weighted by atomic mass is 15.0. The summed E-state index contributed by atoms with van der Waals surface area (Å²) in [7, 11) is 0. The Kier molecular flexibility index (Phi) is 5.79. The van der Waals surface area contributed by atoms with Gasteiger partial charge in [0.2, 0.25) is 0 Å². The summed E-state index contributed by atoms with van der Waals surface area (Å²) < 4.78 is 0. The average molecular weight is 536 g/mol. The van der Waals surface area contributed by atoms with Gasteiger partial charge in [0.25, 0.3) is 0 Å². The van der Waals surface area contributed by atoms with Crippen molar-refractivity contribution < 1.29 is 0 Å². The van der Waals surface area contributed by atoms with Gasteiger partial charge in [0.15, 0.2) is 11.6 Å². The largest absolute Gasteiger partial charge is 0.217 e. The zero-order valence-electron chi connectivity index (χ0n) is 22.8. The molecule has 0 fully saturated rings. The highest BCUT2D eigenvalue weighted by Crippen LogP contribution is 2.39. The maximum atomic E-state index is 4.97. The van der Waals surface area contributed by atoms with Crippen molar-refractivity contribution in [2.24, 2.45) is 0 Å². The summed E-state index contributed by atoms with van der Waals surface area (Å²) in [6.07, 6.45) is 1.61. The van der Waals surface area contributed by atoms with Crippen LogP contribution in [0.5, 0.6) is 0 Å². The second kappa shape index (κ2) is 10.1. The minimum absolute atomic E-state index is 0.656. The Morgan fingerprint density at radius 3 is 1.60 bits per heavy atom. The minimum Gasteiger partial charge on any atom is -0.217 e. The third kappa shape index (κ3) is 4.11. The number of hydrogen-bond donors (Lipinski definition) is 0. The number of aromatic nitrogens is 3. The van der Waals surface area contributed by atoms with Crippen molar-refractivity contribution >= 4 is 32.3 Å². The van der Waals surface area contributed by atoms with Gasteiger partial charge in [-0.1, -0.05) is 133 Å². The lowest BCUT2D eigenvalue weighted by Crippen LogP contribution is -1.97. The normalized spacial score (nSPS) is 11.3. The molecule has 0 aliphatic carbocycles. The predicted octanol–water partition coefficient (Wildman–Crippen LogP) is 10.00. The van der Waals surface area contributed by atoms with Crippen LogP contribution in [0.4, 0.5) is 0 Å². The summed E-state index contributed by atoms with van der Waals surface area (Å²) >= 11 is 0. The smallest absolute Gasteiger partial charge is 0.163 e. The Balaban J connectivity index is 1.26. The first-order chi connectivity index (χ1) is 20.8. The molecule has 0 amide bonds. The summed E-state index contributed by atoms with van der Waals surface area (Å²) in [6, 6.07) is 51.2. The fourth-order valence-corrected chi connectivity index (χ4v) is 6.04. The van der Waals surface area contributed by atoms with Crippen LogP contribution >= 0.6 is 0 Å². The minimum atomic E-state index is 0.656. The SMILES string of the molecule is c1ccc(-c2cccc(-c3ncnc(-c4ccccc4-c4ccc5c6ccccc6c6ccccc6c5c4)n3)c2)cc1. The van der Waals surface area contributed by atoms with E-state index in [4.69, 9.17) is 4.98 Å². The Bertz CT molecular complexity index is 2220. The molecule has 42 heavy (non-hydrogen) atoms. The summed E-state index contributed by atoms with van der Waals surface area (Å²) in [6.45, 7) is 0. The molecule has 0 aliphatic heterocycles. The molecule has 0 bridgehead atoms. The van der Waals surface area contributed by atoms with Gasteiger partial charge in [-0.3, -0.25) is 0 Å². The first-order valence-corrected chi connectivity index (χ1v) is 14.1. The maximum Gasteiger partial charge on any atom is 0.163 e. The molecule has 0 radical (unpaired) electrons. The predicted molar refractivity (Wildman–Crippen MR) is 174 cm³/mol. The Labute approximate surface area is 243 Å². The number of nitrogens with zero attached hydrogens (tertiary/aromatic N) is 3. The average Bonchev–Trinajstić information content (AvgIpc) is 3.09.